The summed E-state index contributed by atoms with van der Waals surface area (Å²) >= 11 is 0. The predicted molar refractivity (Wildman–Crippen MR) is 137 cm³/mol. The average molecular weight is 461 g/mol. The number of pyridine rings is 1. The smallest absolute Gasteiger partial charge is 0.224 e. The highest BCUT2D eigenvalue weighted by Crippen LogP contribution is 2.18. The van der Waals surface area contributed by atoms with Crippen LogP contribution in [0.4, 0.5) is 5.82 Å². The molecule has 0 bridgehead atoms. The summed E-state index contributed by atoms with van der Waals surface area (Å²) in [6.07, 6.45) is 2.04. The largest absolute Gasteiger partial charge is 0.387 e. The number of nitrogens with one attached hydrogen (secondary N) is 2. The van der Waals surface area contributed by atoms with Gasteiger partial charge < -0.3 is 21.5 Å². The Morgan fingerprint density at radius 1 is 1.09 bits per heavy atom. The number of aryl methyl sites for hydroxylation is 1. The van der Waals surface area contributed by atoms with E-state index in [1.54, 1.807) is 18.3 Å². The number of aromatic nitrogens is 1. The molecule has 5 N–H and O–H groups in total. The Bertz CT molecular complexity index is 1110. The molecular formula is C28H36N4O2. The van der Waals surface area contributed by atoms with Crippen LogP contribution >= 0.6 is 0 Å². The summed E-state index contributed by atoms with van der Waals surface area (Å²) < 4.78 is 0. The van der Waals surface area contributed by atoms with Crippen LogP contribution in [0.15, 0.2) is 60.8 Å². The lowest BCUT2D eigenvalue weighted by molar-refractivity contribution is -0.120. The summed E-state index contributed by atoms with van der Waals surface area (Å²) in [5, 5.41) is 16.9. The highest BCUT2D eigenvalue weighted by Gasteiger charge is 2.20. The van der Waals surface area contributed by atoms with Crippen LogP contribution in [0, 0.1) is 13.8 Å². The molecule has 3 aromatic rings. The van der Waals surface area contributed by atoms with Crippen LogP contribution in [0.2, 0.25) is 0 Å². The molecule has 1 aromatic heterocycles. The van der Waals surface area contributed by atoms with Crippen LogP contribution in [0.3, 0.4) is 0 Å². The fraction of sp³-hybridized carbons (Fsp3) is 0.357. The number of nitrogen functional groups attached to an aromatic ring is 1. The predicted octanol–water partition coefficient (Wildman–Crippen LogP) is 3.78. The number of aliphatic hydroxyl groups excluding tert-OH is 1. The number of hydrogen-bond acceptors (Lipinski definition) is 5. The zero-order chi connectivity index (χ0) is 24.7. The Morgan fingerprint density at radius 2 is 1.82 bits per heavy atom. The number of aliphatic hydroxyl groups is 1. The lowest BCUT2D eigenvalue weighted by Crippen LogP contribution is -2.43. The van der Waals surface area contributed by atoms with Gasteiger partial charge in [0.1, 0.15) is 5.82 Å². The first kappa shape index (κ1) is 25.4. The van der Waals surface area contributed by atoms with Gasteiger partial charge in [0.2, 0.25) is 5.91 Å². The molecule has 0 fully saturated rings. The zero-order valence-corrected chi connectivity index (χ0v) is 20.6. The molecule has 0 aliphatic carbocycles. The maximum atomic E-state index is 12.5. The Labute approximate surface area is 202 Å². The van der Waals surface area contributed by atoms with Crippen molar-refractivity contribution in [1.82, 2.24) is 15.6 Å². The molecule has 1 heterocycles. The van der Waals surface area contributed by atoms with Crippen molar-refractivity contribution in [2.45, 2.75) is 58.7 Å². The lowest BCUT2D eigenvalue weighted by Gasteiger charge is -2.28. The van der Waals surface area contributed by atoms with E-state index in [1.807, 2.05) is 18.2 Å². The number of rotatable bonds is 10. The Kier molecular flexibility index (Phi) is 8.42. The molecule has 0 saturated heterocycles. The van der Waals surface area contributed by atoms with E-state index >= 15 is 0 Å². The standard InChI is InChI=1S/C28H36N4O2/c1-19-7-5-10-23(20(19)2)16-31-27(34)14-21-8-6-9-22(13-21)15-28(3,4)32-18-25(33)24-11-12-26(29)30-17-24/h5-13,17,25,32-33H,14-16,18H2,1-4H3,(H2,29,30)(H,31,34)/t25-/m0/s1. The van der Waals surface area contributed by atoms with E-state index in [-0.39, 0.29) is 11.4 Å². The van der Waals surface area contributed by atoms with Crippen LogP contribution in [0.25, 0.3) is 0 Å². The fourth-order valence-corrected chi connectivity index (χ4v) is 3.97. The lowest BCUT2D eigenvalue weighted by atomic mass is 9.93. The van der Waals surface area contributed by atoms with E-state index in [9.17, 15) is 9.90 Å². The molecule has 1 atom stereocenters. The van der Waals surface area contributed by atoms with Gasteiger partial charge in [0.15, 0.2) is 0 Å². The highest BCUT2D eigenvalue weighted by atomic mass is 16.3. The van der Waals surface area contributed by atoms with Crippen molar-refractivity contribution in [2.75, 3.05) is 12.3 Å². The van der Waals surface area contributed by atoms with Crippen molar-refractivity contribution in [1.29, 1.82) is 0 Å². The van der Waals surface area contributed by atoms with Gasteiger partial charge in [-0.3, -0.25) is 4.79 Å². The van der Waals surface area contributed by atoms with Gasteiger partial charge in [-0.25, -0.2) is 4.98 Å². The minimum absolute atomic E-state index is 0.00988. The number of hydrogen-bond donors (Lipinski definition) is 4. The third kappa shape index (κ3) is 7.40. The first-order valence-corrected chi connectivity index (χ1v) is 11.7. The van der Waals surface area contributed by atoms with Gasteiger partial charge in [0, 0.05) is 30.4 Å². The first-order valence-electron chi connectivity index (χ1n) is 11.7. The van der Waals surface area contributed by atoms with Gasteiger partial charge in [-0.15, -0.1) is 0 Å². The summed E-state index contributed by atoms with van der Waals surface area (Å²) in [5.41, 5.74) is 11.8. The van der Waals surface area contributed by atoms with E-state index in [0.717, 1.165) is 28.7 Å². The second-order valence-electron chi connectivity index (χ2n) is 9.61. The molecule has 0 aliphatic heterocycles. The van der Waals surface area contributed by atoms with Crippen molar-refractivity contribution < 1.29 is 9.90 Å². The molecule has 34 heavy (non-hydrogen) atoms. The van der Waals surface area contributed by atoms with Gasteiger partial charge >= 0.3 is 0 Å². The van der Waals surface area contributed by atoms with E-state index in [2.05, 4.69) is 67.6 Å². The number of β-amino-alcohol motifs (C(OH)–C–C–N with tert-alkyl or cyclic N) is 1. The van der Waals surface area contributed by atoms with Crippen molar-refractivity contribution in [3.8, 4) is 0 Å². The minimum atomic E-state index is -0.667. The molecule has 180 valence electrons. The number of carbonyl (C=O) groups is 1. The number of benzene rings is 2. The van der Waals surface area contributed by atoms with Crippen molar-refractivity contribution in [2.24, 2.45) is 0 Å². The maximum Gasteiger partial charge on any atom is 0.224 e. The summed E-state index contributed by atoms with van der Waals surface area (Å²) in [4.78, 5) is 16.6. The summed E-state index contributed by atoms with van der Waals surface area (Å²) in [6, 6.07) is 17.8. The molecule has 3 rings (SSSR count). The SMILES string of the molecule is Cc1cccc(CNC(=O)Cc2cccc(CC(C)(C)NC[C@H](O)c3ccc(N)nc3)c2)c1C. The number of nitrogens with two attached hydrogens (primary N) is 1. The molecule has 0 aliphatic rings. The zero-order valence-electron chi connectivity index (χ0n) is 20.6. The number of carbonyl (C=O) groups excluding carboxylic acids is 1. The van der Waals surface area contributed by atoms with Crippen LogP contribution in [-0.4, -0.2) is 28.1 Å². The highest BCUT2D eigenvalue weighted by molar-refractivity contribution is 5.78. The van der Waals surface area contributed by atoms with E-state index in [4.69, 9.17) is 5.73 Å². The molecule has 6 nitrogen and oxygen atoms in total. The average Bonchev–Trinajstić information content (AvgIpc) is 2.79. The third-order valence-electron chi connectivity index (χ3n) is 6.16. The van der Waals surface area contributed by atoms with Crippen LogP contribution < -0.4 is 16.4 Å². The van der Waals surface area contributed by atoms with Gasteiger partial charge in [0.05, 0.1) is 12.5 Å². The monoisotopic (exact) mass is 460 g/mol. The Balaban J connectivity index is 1.52. The first-order chi connectivity index (χ1) is 16.1. The Morgan fingerprint density at radius 3 is 2.56 bits per heavy atom. The topological polar surface area (TPSA) is 100 Å². The summed E-state index contributed by atoms with van der Waals surface area (Å²) in [5.74, 6) is 0.443. The second-order valence-corrected chi connectivity index (χ2v) is 9.61. The van der Waals surface area contributed by atoms with Gasteiger partial charge in [-0.05, 0) is 68.0 Å². The van der Waals surface area contributed by atoms with Crippen molar-refractivity contribution in [3.05, 3.63) is 94.2 Å². The quantitative estimate of drug-likeness (QED) is 0.369. The van der Waals surface area contributed by atoms with Gasteiger partial charge in [-0.2, -0.15) is 0 Å². The van der Waals surface area contributed by atoms with Crippen LogP contribution in [0.5, 0.6) is 0 Å². The molecular weight excluding hydrogens is 424 g/mol. The van der Waals surface area contributed by atoms with Gasteiger partial charge in [-0.1, -0.05) is 48.5 Å². The second kappa shape index (κ2) is 11.3. The normalized spacial score (nSPS) is 12.4. The van der Waals surface area contributed by atoms with Crippen molar-refractivity contribution in [3.63, 3.8) is 0 Å². The number of nitrogens with zero attached hydrogens (tertiary/aromatic N) is 1. The van der Waals surface area contributed by atoms with Crippen LogP contribution in [-0.2, 0) is 24.2 Å². The van der Waals surface area contributed by atoms with Gasteiger partial charge in [0.25, 0.3) is 0 Å². The minimum Gasteiger partial charge on any atom is -0.387 e. The Hall–Kier alpha value is -3.22. The summed E-state index contributed by atoms with van der Waals surface area (Å²) in [7, 11) is 0. The number of anilines is 1. The molecule has 0 unspecified atom stereocenters. The third-order valence-corrected chi connectivity index (χ3v) is 6.16. The van der Waals surface area contributed by atoms with E-state index < -0.39 is 6.10 Å². The maximum absolute atomic E-state index is 12.5. The molecule has 6 heteroatoms. The molecule has 0 radical (unpaired) electrons. The molecule has 1 amide bonds. The summed E-state index contributed by atoms with van der Waals surface area (Å²) in [6.45, 7) is 9.31. The van der Waals surface area contributed by atoms with Crippen molar-refractivity contribution >= 4 is 11.7 Å². The van der Waals surface area contributed by atoms with Crippen LogP contribution in [0.1, 0.15) is 53.3 Å². The van der Waals surface area contributed by atoms with E-state index in [0.29, 0.717) is 25.3 Å². The molecule has 2 aromatic carbocycles. The molecule has 0 spiro atoms. The number of amides is 1. The van der Waals surface area contributed by atoms with E-state index in [1.165, 1.54) is 11.1 Å². The fourth-order valence-electron chi connectivity index (χ4n) is 3.97. The molecule has 0 saturated carbocycles.